The molecular weight excluding hydrogens is 554 g/mol. The molecule has 0 saturated carbocycles. The molecule has 0 bridgehead atoms. The summed E-state index contributed by atoms with van der Waals surface area (Å²) in [5.41, 5.74) is 6.74. The average molecular weight is 584 g/mol. The summed E-state index contributed by atoms with van der Waals surface area (Å²) >= 11 is 0. The Hall–Kier alpha value is -6.01. The Bertz CT molecular complexity index is 2410. The van der Waals surface area contributed by atoms with E-state index in [1.165, 1.54) is 21.7 Å². The molecule has 216 valence electrons. The van der Waals surface area contributed by atoms with Crippen molar-refractivity contribution in [2.24, 2.45) is 0 Å². The van der Waals surface area contributed by atoms with Crippen LogP contribution in [0, 0.1) is 0 Å². The van der Waals surface area contributed by atoms with Crippen molar-refractivity contribution in [1.82, 2.24) is 19.0 Å². The van der Waals surface area contributed by atoms with Crippen LogP contribution in [0.4, 0.5) is 5.69 Å². The number of ether oxygens (including phenoxy) is 1. The minimum atomic E-state index is 0.775. The first-order valence-corrected chi connectivity index (χ1v) is 15.1. The Labute approximate surface area is 260 Å². The molecule has 0 unspecified atom stereocenters. The first kappa shape index (κ1) is 25.5. The van der Waals surface area contributed by atoms with Crippen LogP contribution in [-0.4, -0.2) is 32.7 Å². The van der Waals surface area contributed by atoms with Gasteiger partial charge in [0.2, 0.25) is 0 Å². The SMILES string of the molecule is CN1C=CN(c2cccc(Oc3ccc4c5ccc6c(c7ccccc7n6-c6ccccc6)c5n(-c5ccccn5)c4c3)c2)C1. The first-order valence-electron chi connectivity index (χ1n) is 15.1. The zero-order chi connectivity index (χ0) is 29.9. The van der Waals surface area contributed by atoms with Crippen LogP contribution >= 0.6 is 0 Å². The molecular formula is C39H29N5O. The van der Waals surface area contributed by atoms with Crippen LogP contribution in [0.3, 0.4) is 0 Å². The molecule has 0 N–H and O–H groups in total. The third-order valence-corrected chi connectivity index (χ3v) is 8.69. The summed E-state index contributed by atoms with van der Waals surface area (Å²) in [6, 6.07) is 44.5. The van der Waals surface area contributed by atoms with E-state index in [-0.39, 0.29) is 0 Å². The molecule has 6 heteroatoms. The number of fused-ring (bicyclic) bond motifs is 7. The molecule has 0 spiro atoms. The highest BCUT2D eigenvalue weighted by Gasteiger charge is 2.21. The molecule has 5 aromatic carbocycles. The van der Waals surface area contributed by atoms with E-state index in [1.807, 2.05) is 30.5 Å². The predicted octanol–water partition coefficient (Wildman–Crippen LogP) is 9.25. The quantitative estimate of drug-likeness (QED) is 0.202. The summed E-state index contributed by atoms with van der Waals surface area (Å²) in [6.45, 7) is 0.814. The minimum Gasteiger partial charge on any atom is -0.457 e. The van der Waals surface area contributed by atoms with Crippen molar-refractivity contribution >= 4 is 49.3 Å². The second-order valence-electron chi connectivity index (χ2n) is 11.5. The van der Waals surface area contributed by atoms with Gasteiger partial charge < -0.3 is 19.1 Å². The molecule has 0 aliphatic carbocycles. The average Bonchev–Trinajstić information content (AvgIpc) is 3.77. The standard InChI is InChI=1S/C39H29N5O/c1-41-22-23-42(26-41)28-12-9-13-29(24-28)45-30-17-18-31-32-19-20-35-38(39(32)44(36(31)25-30)37-16-7-8-21-40-37)33-14-5-6-15-34(33)43(35)27-10-3-2-4-11-27/h2-25H,26H2,1H3. The highest BCUT2D eigenvalue weighted by atomic mass is 16.5. The van der Waals surface area contributed by atoms with Gasteiger partial charge in [0.05, 0.1) is 28.7 Å². The molecule has 8 aromatic rings. The fraction of sp³-hybridized carbons (Fsp3) is 0.0513. The Balaban J connectivity index is 1.29. The highest BCUT2D eigenvalue weighted by molar-refractivity contribution is 6.26. The van der Waals surface area contributed by atoms with Crippen LogP contribution in [0.15, 0.2) is 146 Å². The number of nitrogens with zero attached hydrogens (tertiary/aromatic N) is 5. The monoisotopic (exact) mass is 583 g/mol. The molecule has 0 atom stereocenters. The summed E-state index contributed by atoms with van der Waals surface area (Å²) in [5.74, 6) is 2.44. The molecule has 0 fully saturated rings. The molecule has 4 heterocycles. The number of para-hydroxylation sites is 2. The fourth-order valence-corrected chi connectivity index (χ4v) is 6.74. The van der Waals surface area contributed by atoms with Gasteiger partial charge in [-0.15, -0.1) is 0 Å². The highest BCUT2D eigenvalue weighted by Crippen LogP contribution is 2.42. The Morgan fingerprint density at radius 2 is 1.38 bits per heavy atom. The van der Waals surface area contributed by atoms with Gasteiger partial charge in [0.1, 0.15) is 17.3 Å². The lowest BCUT2D eigenvalue weighted by Crippen LogP contribution is -2.21. The van der Waals surface area contributed by atoms with Crippen LogP contribution in [0.25, 0.3) is 55.1 Å². The van der Waals surface area contributed by atoms with Crippen LogP contribution in [0.2, 0.25) is 0 Å². The number of rotatable bonds is 5. The summed E-state index contributed by atoms with van der Waals surface area (Å²) in [7, 11) is 2.07. The zero-order valence-electron chi connectivity index (χ0n) is 24.7. The topological polar surface area (TPSA) is 38.5 Å². The van der Waals surface area contributed by atoms with E-state index in [9.17, 15) is 0 Å². The van der Waals surface area contributed by atoms with Gasteiger partial charge in [-0.25, -0.2) is 4.98 Å². The molecule has 6 nitrogen and oxygen atoms in total. The zero-order valence-corrected chi connectivity index (χ0v) is 24.7. The second kappa shape index (κ2) is 10.0. The van der Waals surface area contributed by atoms with E-state index in [0.29, 0.717) is 0 Å². The van der Waals surface area contributed by atoms with Gasteiger partial charge in [0.25, 0.3) is 0 Å². The molecule has 0 saturated heterocycles. The largest absolute Gasteiger partial charge is 0.457 e. The lowest BCUT2D eigenvalue weighted by Gasteiger charge is -2.19. The van der Waals surface area contributed by atoms with Crippen LogP contribution < -0.4 is 9.64 Å². The number of pyridine rings is 1. The Morgan fingerprint density at radius 3 is 2.22 bits per heavy atom. The summed E-state index contributed by atoms with van der Waals surface area (Å²) in [4.78, 5) is 9.19. The van der Waals surface area contributed by atoms with Gasteiger partial charge in [0.15, 0.2) is 0 Å². The Morgan fingerprint density at radius 1 is 0.578 bits per heavy atom. The minimum absolute atomic E-state index is 0.775. The summed E-state index contributed by atoms with van der Waals surface area (Å²) in [5, 5.41) is 4.74. The van der Waals surface area contributed by atoms with Crippen molar-refractivity contribution < 1.29 is 4.74 Å². The molecule has 3 aromatic heterocycles. The van der Waals surface area contributed by atoms with Crippen LogP contribution in [0.5, 0.6) is 11.5 Å². The number of anilines is 1. The lowest BCUT2D eigenvalue weighted by atomic mass is 10.1. The maximum atomic E-state index is 6.52. The van der Waals surface area contributed by atoms with E-state index < -0.39 is 0 Å². The van der Waals surface area contributed by atoms with Gasteiger partial charge >= 0.3 is 0 Å². The lowest BCUT2D eigenvalue weighted by molar-refractivity contribution is 0.481. The third kappa shape index (κ3) is 4.07. The summed E-state index contributed by atoms with van der Waals surface area (Å²) < 4.78 is 11.2. The van der Waals surface area contributed by atoms with Gasteiger partial charge in [-0.1, -0.05) is 54.6 Å². The molecule has 45 heavy (non-hydrogen) atoms. The van der Waals surface area contributed by atoms with Crippen molar-refractivity contribution in [3.63, 3.8) is 0 Å². The maximum absolute atomic E-state index is 6.52. The number of hydrogen-bond donors (Lipinski definition) is 0. The molecule has 0 radical (unpaired) electrons. The van der Waals surface area contributed by atoms with E-state index >= 15 is 0 Å². The van der Waals surface area contributed by atoms with Crippen molar-refractivity contribution in [3.05, 3.63) is 146 Å². The molecule has 9 rings (SSSR count). The fourth-order valence-electron chi connectivity index (χ4n) is 6.74. The van der Waals surface area contributed by atoms with Crippen LogP contribution in [0.1, 0.15) is 0 Å². The molecule has 0 amide bonds. The van der Waals surface area contributed by atoms with Gasteiger partial charge in [-0.05, 0) is 60.7 Å². The number of benzene rings is 5. The number of aromatic nitrogens is 3. The predicted molar refractivity (Wildman–Crippen MR) is 184 cm³/mol. The van der Waals surface area contributed by atoms with Crippen molar-refractivity contribution in [1.29, 1.82) is 0 Å². The molecule has 1 aliphatic heterocycles. The third-order valence-electron chi connectivity index (χ3n) is 8.69. The van der Waals surface area contributed by atoms with E-state index in [4.69, 9.17) is 9.72 Å². The summed E-state index contributed by atoms with van der Waals surface area (Å²) in [6.07, 6.45) is 6.02. The normalized spacial score (nSPS) is 13.2. The maximum Gasteiger partial charge on any atom is 0.137 e. The van der Waals surface area contributed by atoms with Gasteiger partial charge in [-0.2, -0.15) is 0 Å². The van der Waals surface area contributed by atoms with E-state index in [2.05, 4.69) is 142 Å². The van der Waals surface area contributed by atoms with E-state index in [0.717, 1.165) is 57.3 Å². The number of hydrogen-bond acceptors (Lipinski definition) is 4. The Kier molecular flexibility index (Phi) is 5.68. The van der Waals surface area contributed by atoms with E-state index in [1.54, 1.807) is 0 Å². The smallest absolute Gasteiger partial charge is 0.137 e. The van der Waals surface area contributed by atoms with Gasteiger partial charge in [-0.3, -0.25) is 4.57 Å². The van der Waals surface area contributed by atoms with Gasteiger partial charge in [0, 0.05) is 70.7 Å². The molecule has 1 aliphatic rings. The van der Waals surface area contributed by atoms with Crippen molar-refractivity contribution in [3.8, 4) is 23.0 Å². The van der Waals surface area contributed by atoms with Crippen LogP contribution in [-0.2, 0) is 0 Å². The second-order valence-corrected chi connectivity index (χ2v) is 11.5. The van der Waals surface area contributed by atoms with Crippen molar-refractivity contribution in [2.75, 3.05) is 18.6 Å². The van der Waals surface area contributed by atoms with Crippen molar-refractivity contribution in [2.45, 2.75) is 0 Å². The first-order chi connectivity index (χ1) is 22.2.